The Morgan fingerprint density at radius 3 is 2.48 bits per heavy atom. The van der Waals surface area contributed by atoms with E-state index in [0.29, 0.717) is 32.0 Å². The van der Waals surface area contributed by atoms with Crippen LogP contribution in [0.25, 0.3) is 0 Å². The van der Waals surface area contributed by atoms with Crippen LogP contribution in [0.4, 0.5) is 16.6 Å². The van der Waals surface area contributed by atoms with E-state index in [-0.39, 0.29) is 17.6 Å². The first-order chi connectivity index (χ1) is 9.74. The summed E-state index contributed by atoms with van der Waals surface area (Å²) in [7, 11) is 0. The molecule has 8 nitrogen and oxygen atoms in total. The standard InChI is InChI=1S/C13H21N5O3/c1-13(2,3)21-12(20)18-6-4-17(5-7-18)9-8-10(19)16-11(14)15-9/h8H,4-7H2,1-3H3,(H3,14,15,16,19). The van der Waals surface area contributed by atoms with Gasteiger partial charge in [0.15, 0.2) is 0 Å². The predicted octanol–water partition coefficient (Wildman–Crippen LogP) is 0.409. The lowest BCUT2D eigenvalue weighted by Gasteiger charge is -2.36. The molecule has 1 aliphatic rings. The summed E-state index contributed by atoms with van der Waals surface area (Å²) in [5.41, 5.74) is 4.75. The van der Waals surface area contributed by atoms with Gasteiger partial charge in [-0.25, -0.2) is 4.79 Å². The van der Waals surface area contributed by atoms with Crippen LogP contribution in [-0.4, -0.2) is 52.7 Å². The fraction of sp³-hybridized carbons (Fsp3) is 0.615. The largest absolute Gasteiger partial charge is 0.444 e. The third-order valence-electron chi connectivity index (χ3n) is 3.00. The van der Waals surface area contributed by atoms with Crippen molar-refractivity contribution in [2.45, 2.75) is 26.4 Å². The molecule has 0 aliphatic carbocycles. The molecule has 1 aliphatic heterocycles. The SMILES string of the molecule is CC(C)(C)OC(=O)N1CCN(c2cc(=O)[nH]c(N)n2)CC1. The number of anilines is 2. The Morgan fingerprint density at radius 1 is 1.33 bits per heavy atom. The highest BCUT2D eigenvalue weighted by Gasteiger charge is 2.26. The number of amides is 1. The average molecular weight is 295 g/mol. The third-order valence-corrected chi connectivity index (χ3v) is 3.00. The van der Waals surface area contributed by atoms with Crippen molar-refractivity contribution in [1.29, 1.82) is 0 Å². The van der Waals surface area contributed by atoms with Gasteiger partial charge in [0.25, 0.3) is 5.56 Å². The summed E-state index contributed by atoms with van der Waals surface area (Å²) in [4.78, 5) is 33.4. The molecular weight excluding hydrogens is 274 g/mol. The van der Waals surface area contributed by atoms with Gasteiger partial charge in [-0.2, -0.15) is 4.98 Å². The molecular formula is C13H21N5O3. The minimum atomic E-state index is -0.503. The summed E-state index contributed by atoms with van der Waals surface area (Å²) in [5, 5.41) is 0. The Morgan fingerprint density at radius 2 is 1.95 bits per heavy atom. The molecule has 8 heteroatoms. The van der Waals surface area contributed by atoms with Crippen LogP contribution in [0.2, 0.25) is 0 Å². The summed E-state index contributed by atoms with van der Waals surface area (Å²) in [6.07, 6.45) is -0.319. The van der Waals surface area contributed by atoms with Crippen LogP contribution >= 0.6 is 0 Å². The molecule has 0 radical (unpaired) electrons. The second-order valence-electron chi connectivity index (χ2n) is 5.94. The van der Waals surface area contributed by atoms with Crippen molar-refractivity contribution in [1.82, 2.24) is 14.9 Å². The Bertz CT molecular complexity index is 570. The number of piperazine rings is 1. The quantitative estimate of drug-likeness (QED) is 0.777. The number of nitrogens with two attached hydrogens (primary N) is 1. The van der Waals surface area contributed by atoms with Gasteiger partial charge >= 0.3 is 6.09 Å². The first kappa shape index (κ1) is 15.1. The van der Waals surface area contributed by atoms with Crippen LogP contribution in [0, 0.1) is 0 Å². The van der Waals surface area contributed by atoms with Crippen LogP contribution in [-0.2, 0) is 4.74 Å². The van der Waals surface area contributed by atoms with Gasteiger partial charge in [-0.05, 0) is 20.8 Å². The maximum atomic E-state index is 12.0. The van der Waals surface area contributed by atoms with E-state index in [4.69, 9.17) is 10.5 Å². The van der Waals surface area contributed by atoms with E-state index in [1.807, 2.05) is 25.7 Å². The molecule has 3 N–H and O–H groups in total. The Kier molecular flexibility index (Phi) is 4.06. The normalized spacial score (nSPS) is 16.0. The van der Waals surface area contributed by atoms with E-state index in [1.54, 1.807) is 4.90 Å². The average Bonchev–Trinajstić information content (AvgIpc) is 2.35. The van der Waals surface area contributed by atoms with Crippen molar-refractivity contribution in [3.63, 3.8) is 0 Å². The number of ether oxygens (including phenoxy) is 1. The first-order valence-electron chi connectivity index (χ1n) is 6.84. The number of nitrogens with zero attached hydrogens (tertiary/aromatic N) is 3. The predicted molar refractivity (Wildman–Crippen MR) is 79.3 cm³/mol. The molecule has 116 valence electrons. The molecule has 2 rings (SSSR count). The second-order valence-corrected chi connectivity index (χ2v) is 5.94. The lowest BCUT2D eigenvalue weighted by Crippen LogP contribution is -2.50. The van der Waals surface area contributed by atoms with Crippen LogP contribution in [0.5, 0.6) is 0 Å². The highest BCUT2D eigenvalue weighted by molar-refractivity contribution is 5.68. The number of hydrogen-bond acceptors (Lipinski definition) is 6. The lowest BCUT2D eigenvalue weighted by atomic mass is 10.2. The van der Waals surface area contributed by atoms with E-state index in [2.05, 4.69) is 9.97 Å². The first-order valence-corrected chi connectivity index (χ1v) is 6.84. The van der Waals surface area contributed by atoms with Crippen molar-refractivity contribution >= 4 is 17.9 Å². The molecule has 0 unspecified atom stereocenters. The minimum absolute atomic E-state index is 0.0899. The molecule has 21 heavy (non-hydrogen) atoms. The number of nitrogen functional groups attached to an aromatic ring is 1. The smallest absolute Gasteiger partial charge is 0.410 e. The van der Waals surface area contributed by atoms with Crippen molar-refractivity contribution in [3.05, 3.63) is 16.4 Å². The minimum Gasteiger partial charge on any atom is -0.444 e. The number of carbonyl (C=O) groups is 1. The molecule has 1 aromatic rings. The van der Waals surface area contributed by atoms with Crippen molar-refractivity contribution in [3.8, 4) is 0 Å². The Hall–Kier alpha value is -2.25. The number of nitrogens with one attached hydrogen (secondary N) is 1. The molecule has 2 heterocycles. The van der Waals surface area contributed by atoms with Crippen LogP contribution < -0.4 is 16.2 Å². The van der Waals surface area contributed by atoms with E-state index in [0.717, 1.165) is 0 Å². The molecule has 0 bridgehead atoms. The van der Waals surface area contributed by atoms with Gasteiger partial charge in [0.2, 0.25) is 5.95 Å². The van der Waals surface area contributed by atoms with Gasteiger partial charge in [-0.15, -0.1) is 0 Å². The zero-order valence-electron chi connectivity index (χ0n) is 12.5. The third kappa shape index (κ3) is 4.11. The van der Waals surface area contributed by atoms with Gasteiger partial charge in [-0.3, -0.25) is 9.78 Å². The van der Waals surface area contributed by atoms with Crippen LogP contribution in [0.3, 0.4) is 0 Å². The highest BCUT2D eigenvalue weighted by atomic mass is 16.6. The zero-order chi connectivity index (χ0) is 15.6. The van der Waals surface area contributed by atoms with Gasteiger partial charge in [0.05, 0.1) is 0 Å². The van der Waals surface area contributed by atoms with E-state index in [1.165, 1.54) is 6.07 Å². The molecule has 1 fully saturated rings. The van der Waals surface area contributed by atoms with Crippen molar-refractivity contribution < 1.29 is 9.53 Å². The number of hydrogen-bond donors (Lipinski definition) is 2. The Balaban J connectivity index is 1.97. The summed E-state index contributed by atoms with van der Waals surface area (Å²) in [6.45, 7) is 7.70. The van der Waals surface area contributed by atoms with Gasteiger partial charge in [0.1, 0.15) is 11.4 Å². The summed E-state index contributed by atoms with van der Waals surface area (Å²) >= 11 is 0. The molecule has 1 amide bonds. The summed E-state index contributed by atoms with van der Waals surface area (Å²) in [5.74, 6) is 0.618. The second kappa shape index (κ2) is 5.63. The topological polar surface area (TPSA) is 105 Å². The van der Waals surface area contributed by atoms with Crippen LogP contribution in [0.15, 0.2) is 10.9 Å². The van der Waals surface area contributed by atoms with Gasteiger partial charge < -0.3 is 20.3 Å². The number of rotatable bonds is 1. The molecule has 0 atom stereocenters. The zero-order valence-corrected chi connectivity index (χ0v) is 12.5. The number of aromatic nitrogens is 2. The summed E-state index contributed by atoms with van der Waals surface area (Å²) in [6, 6.07) is 1.40. The van der Waals surface area contributed by atoms with E-state index < -0.39 is 5.60 Å². The van der Waals surface area contributed by atoms with Gasteiger partial charge in [-0.1, -0.05) is 0 Å². The van der Waals surface area contributed by atoms with E-state index in [9.17, 15) is 9.59 Å². The number of H-pyrrole nitrogens is 1. The fourth-order valence-electron chi connectivity index (χ4n) is 2.07. The van der Waals surface area contributed by atoms with E-state index >= 15 is 0 Å². The summed E-state index contributed by atoms with van der Waals surface area (Å²) < 4.78 is 5.33. The fourth-order valence-corrected chi connectivity index (χ4v) is 2.07. The van der Waals surface area contributed by atoms with Crippen molar-refractivity contribution in [2.75, 3.05) is 36.8 Å². The molecule has 1 aromatic heterocycles. The number of carbonyl (C=O) groups excluding carboxylic acids is 1. The number of aromatic amines is 1. The van der Waals surface area contributed by atoms with Gasteiger partial charge in [0, 0.05) is 32.2 Å². The lowest BCUT2D eigenvalue weighted by molar-refractivity contribution is 0.0240. The molecule has 0 saturated carbocycles. The maximum absolute atomic E-state index is 12.0. The monoisotopic (exact) mass is 295 g/mol. The molecule has 1 saturated heterocycles. The molecule has 0 aromatic carbocycles. The molecule has 0 spiro atoms. The maximum Gasteiger partial charge on any atom is 0.410 e. The van der Waals surface area contributed by atoms with Crippen molar-refractivity contribution in [2.24, 2.45) is 0 Å². The van der Waals surface area contributed by atoms with Crippen LogP contribution in [0.1, 0.15) is 20.8 Å². The Labute approximate surface area is 122 Å². The highest BCUT2D eigenvalue weighted by Crippen LogP contribution is 2.15.